The molecule has 0 unspecified atom stereocenters. The van der Waals surface area contributed by atoms with Gasteiger partial charge in [0.1, 0.15) is 11.5 Å². The first-order valence-corrected chi connectivity index (χ1v) is 8.60. The van der Waals surface area contributed by atoms with Gasteiger partial charge in [0.05, 0.1) is 13.2 Å². The summed E-state index contributed by atoms with van der Waals surface area (Å²) < 4.78 is 11.1. The van der Waals surface area contributed by atoms with Gasteiger partial charge in [0.25, 0.3) is 0 Å². The average molecular weight is 306 g/mol. The normalized spacial score (nSPS) is 27.0. The molecule has 1 spiro atoms. The first-order valence-electron chi connectivity index (χ1n) is 8.60. The van der Waals surface area contributed by atoms with Crippen molar-refractivity contribution in [2.24, 2.45) is 5.41 Å². The largest absolute Gasteiger partial charge is 0.465 e. The molecule has 0 radical (unpaired) electrons. The van der Waals surface area contributed by atoms with Crippen LogP contribution >= 0.6 is 0 Å². The molecule has 0 N–H and O–H groups in total. The first kappa shape index (κ1) is 16.0. The number of rotatable bonds is 5. The van der Waals surface area contributed by atoms with Gasteiger partial charge < -0.3 is 14.1 Å². The summed E-state index contributed by atoms with van der Waals surface area (Å²) >= 11 is 0. The minimum absolute atomic E-state index is 0.503. The molecule has 1 atom stereocenters. The minimum Gasteiger partial charge on any atom is -0.465 e. The van der Waals surface area contributed by atoms with Crippen LogP contribution in [0.1, 0.15) is 36.3 Å². The Balaban J connectivity index is 1.56. The summed E-state index contributed by atoms with van der Waals surface area (Å²) in [6.45, 7) is 12.0. The van der Waals surface area contributed by atoms with E-state index in [0.717, 1.165) is 31.2 Å². The monoisotopic (exact) mass is 306 g/mol. The minimum atomic E-state index is 0.503. The Morgan fingerprint density at radius 3 is 2.73 bits per heavy atom. The fraction of sp³-hybridized carbons (Fsp3) is 0.778. The maximum atomic E-state index is 5.86. The lowest BCUT2D eigenvalue weighted by Gasteiger charge is -2.40. The van der Waals surface area contributed by atoms with Crippen LogP contribution in [0.15, 0.2) is 10.5 Å². The molecule has 0 saturated carbocycles. The molecule has 2 aliphatic rings. The third-order valence-electron chi connectivity index (χ3n) is 5.47. The standard InChI is InChI=1S/C18H30N2O2/c1-15-11-17(22-16(15)2)12-20-8-6-18(14-20)5-4-7-19(13-18)9-10-21-3/h11H,4-10,12-14H2,1-3H3/t18-/m0/s1. The van der Waals surface area contributed by atoms with E-state index < -0.39 is 0 Å². The Bertz CT molecular complexity index is 480. The van der Waals surface area contributed by atoms with E-state index in [9.17, 15) is 0 Å². The van der Waals surface area contributed by atoms with Crippen LogP contribution in [0.5, 0.6) is 0 Å². The van der Waals surface area contributed by atoms with Crippen LogP contribution in [0, 0.1) is 19.3 Å². The number of hydrogen-bond donors (Lipinski definition) is 0. The van der Waals surface area contributed by atoms with Gasteiger partial charge in [-0.15, -0.1) is 0 Å². The SMILES string of the molecule is COCCN1CCC[C@]2(CCN(Cc3cc(C)c(C)o3)C2)C1. The molecule has 0 bridgehead atoms. The molecule has 2 fully saturated rings. The van der Waals surface area contributed by atoms with Gasteiger partial charge in [-0.3, -0.25) is 4.90 Å². The van der Waals surface area contributed by atoms with Gasteiger partial charge in [-0.1, -0.05) is 0 Å². The molecule has 0 aliphatic carbocycles. The van der Waals surface area contributed by atoms with Crippen LogP contribution in [-0.2, 0) is 11.3 Å². The van der Waals surface area contributed by atoms with Crippen molar-refractivity contribution in [2.75, 3.05) is 46.4 Å². The molecule has 4 heteroatoms. The summed E-state index contributed by atoms with van der Waals surface area (Å²) in [6, 6.07) is 2.20. The second-order valence-electron chi connectivity index (χ2n) is 7.29. The van der Waals surface area contributed by atoms with Crippen LogP contribution in [0.2, 0.25) is 0 Å². The number of furan rings is 1. The van der Waals surface area contributed by atoms with E-state index in [4.69, 9.17) is 9.15 Å². The summed E-state index contributed by atoms with van der Waals surface area (Å²) in [4.78, 5) is 5.18. The second-order valence-corrected chi connectivity index (χ2v) is 7.29. The zero-order valence-electron chi connectivity index (χ0n) is 14.4. The average Bonchev–Trinajstić information content (AvgIpc) is 3.01. The van der Waals surface area contributed by atoms with Gasteiger partial charge in [0.15, 0.2) is 0 Å². The number of likely N-dealkylation sites (tertiary alicyclic amines) is 2. The van der Waals surface area contributed by atoms with Gasteiger partial charge >= 0.3 is 0 Å². The van der Waals surface area contributed by atoms with Gasteiger partial charge in [0.2, 0.25) is 0 Å². The number of aryl methyl sites for hydroxylation is 2. The second kappa shape index (κ2) is 6.73. The molecule has 0 aromatic carbocycles. The predicted octanol–water partition coefficient (Wildman–Crippen LogP) is 2.83. The van der Waals surface area contributed by atoms with E-state index in [1.54, 1.807) is 7.11 Å². The maximum absolute atomic E-state index is 5.86. The molecule has 3 rings (SSSR count). The lowest BCUT2D eigenvalue weighted by atomic mass is 9.79. The van der Waals surface area contributed by atoms with Crippen molar-refractivity contribution in [1.29, 1.82) is 0 Å². The molecule has 1 aromatic heterocycles. The van der Waals surface area contributed by atoms with Crippen molar-refractivity contribution in [3.05, 3.63) is 23.2 Å². The molecule has 124 valence electrons. The molecule has 2 aliphatic heterocycles. The van der Waals surface area contributed by atoms with E-state index in [1.165, 1.54) is 51.0 Å². The van der Waals surface area contributed by atoms with Crippen molar-refractivity contribution in [2.45, 2.75) is 39.7 Å². The highest BCUT2D eigenvalue weighted by atomic mass is 16.5. The predicted molar refractivity (Wildman–Crippen MR) is 88.1 cm³/mol. The van der Waals surface area contributed by atoms with Crippen molar-refractivity contribution in [3.63, 3.8) is 0 Å². The third kappa shape index (κ3) is 3.55. The Kier molecular flexibility index (Phi) is 4.91. The maximum Gasteiger partial charge on any atom is 0.118 e. The number of nitrogens with zero attached hydrogens (tertiary/aromatic N) is 2. The lowest BCUT2D eigenvalue weighted by molar-refractivity contribution is 0.0668. The van der Waals surface area contributed by atoms with Crippen molar-refractivity contribution >= 4 is 0 Å². The molecule has 2 saturated heterocycles. The lowest BCUT2D eigenvalue weighted by Crippen LogP contribution is -2.45. The van der Waals surface area contributed by atoms with Gasteiger partial charge in [-0.25, -0.2) is 0 Å². The highest BCUT2D eigenvalue weighted by Gasteiger charge is 2.41. The van der Waals surface area contributed by atoms with E-state index in [0.29, 0.717) is 5.41 Å². The Labute approximate surface area is 134 Å². The fourth-order valence-corrected chi connectivity index (χ4v) is 4.17. The third-order valence-corrected chi connectivity index (χ3v) is 5.47. The van der Waals surface area contributed by atoms with Crippen molar-refractivity contribution in [3.8, 4) is 0 Å². The highest BCUT2D eigenvalue weighted by molar-refractivity contribution is 5.18. The Morgan fingerprint density at radius 2 is 2.00 bits per heavy atom. The van der Waals surface area contributed by atoms with Crippen LogP contribution in [0.25, 0.3) is 0 Å². The van der Waals surface area contributed by atoms with E-state index >= 15 is 0 Å². The Hall–Kier alpha value is -0.840. The summed E-state index contributed by atoms with van der Waals surface area (Å²) in [7, 11) is 1.80. The summed E-state index contributed by atoms with van der Waals surface area (Å²) in [5.74, 6) is 2.19. The quantitative estimate of drug-likeness (QED) is 0.836. The number of piperidine rings is 1. The molecule has 1 aromatic rings. The summed E-state index contributed by atoms with van der Waals surface area (Å²) in [6.07, 6.45) is 4.04. The zero-order chi connectivity index (χ0) is 15.6. The fourth-order valence-electron chi connectivity index (χ4n) is 4.17. The molecule has 0 amide bonds. The van der Waals surface area contributed by atoms with Gasteiger partial charge in [-0.2, -0.15) is 0 Å². The van der Waals surface area contributed by atoms with Crippen LogP contribution in [0.4, 0.5) is 0 Å². The molecule has 4 nitrogen and oxygen atoms in total. The van der Waals surface area contributed by atoms with E-state index in [1.807, 2.05) is 0 Å². The van der Waals surface area contributed by atoms with E-state index in [-0.39, 0.29) is 0 Å². The molecular weight excluding hydrogens is 276 g/mol. The number of ether oxygens (including phenoxy) is 1. The number of hydrogen-bond acceptors (Lipinski definition) is 4. The number of methoxy groups -OCH3 is 1. The Morgan fingerprint density at radius 1 is 1.18 bits per heavy atom. The first-order chi connectivity index (χ1) is 10.6. The van der Waals surface area contributed by atoms with Crippen LogP contribution in [-0.4, -0.2) is 56.2 Å². The zero-order valence-corrected chi connectivity index (χ0v) is 14.4. The topological polar surface area (TPSA) is 28.9 Å². The van der Waals surface area contributed by atoms with Crippen molar-refractivity contribution < 1.29 is 9.15 Å². The van der Waals surface area contributed by atoms with Crippen molar-refractivity contribution in [1.82, 2.24) is 9.80 Å². The summed E-state index contributed by atoms with van der Waals surface area (Å²) in [5.41, 5.74) is 1.77. The molecular formula is C18H30N2O2. The van der Waals surface area contributed by atoms with Gasteiger partial charge in [0, 0.05) is 26.7 Å². The summed E-state index contributed by atoms with van der Waals surface area (Å²) in [5, 5.41) is 0. The molecule has 3 heterocycles. The smallest absolute Gasteiger partial charge is 0.118 e. The van der Waals surface area contributed by atoms with Crippen LogP contribution in [0.3, 0.4) is 0 Å². The molecule has 22 heavy (non-hydrogen) atoms. The van der Waals surface area contributed by atoms with E-state index in [2.05, 4.69) is 29.7 Å². The van der Waals surface area contributed by atoms with Crippen LogP contribution < -0.4 is 0 Å². The highest BCUT2D eigenvalue weighted by Crippen LogP contribution is 2.39. The van der Waals surface area contributed by atoms with Gasteiger partial charge in [-0.05, 0) is 63.2 Å².